The van der Waals surface area contributed by atoms with Gasteiger partial charge in [0, 0.05) is 18.2 Å². The molecule has 0 saturated heterocycles. The molecule has 4 heteroatoms. The summed E-state index contributed by atoms with van der Waals surface area (Å²) < 4.78 is 6.05. The Balaban J connectivity index is 1.81. The molecular formula is C19H30N2O2. The highest BCUT2D eigenvalue weighted by molar-refractivity contribution is 5.90. The monoisotopic (exact) mass is 318 g/mol. The summed E-state index contributed by atoms with van der Waals surface area (Å²) in [4.78, 5) is 11.9. The van der Waals surface area contributed by atoms with E-state index in [4.69, 9.17) is 10.5 Å². The first kappa shape index (κ1) is 18.0. The van der Waals surface area contributed by atoms with Crippen LogP contribution >= 0.6 is 0 Å². The van der Waals surface area contributed by atoms with Gasteiger partial charge in [0.15, 0.2) is 0 Å². The van der Waals surface area contributed by atoms with E-state index in [0.717, 1.165) is 30.0 Å². The minimum Gasteiger partial charge on any atom is -0.374 e. The third kappa shape index (κ3) is 6.71. The fourth-order valence-corrected chi connectivity index (χ4v) is 3.07. The molecule has 1 aromatic carbocycles. The van der Waals surface area contributed by atoms with Gasteiger partial charge in [-0.3, -0.25) is 4.79 Å². The number of hydrogen-bond acceptors (Lipinski definition) is 3. The van der Waals surface area contributed by atoms with Crippen molar-refractivity contribution in [3.8, 4) is 0 Å². The molecule has 0 spiro atoms. The van der Waals surface area contributed by atoms with Crippen molar-refractivity contribution >= 4 is 11.6 Å². The number of anilines is 1. The minimum atomic E-state index is 0.0153. The van der Waals surface area contributed by atoms with Crippen molar-refractivity contribution in [2.75, 3.05) is 5.32 Å². The Morgan fingerprint density at radius 2 is 2.26 bits per heavy atom. The van der Waals surface area contributed by atoms with Crippen molar-refractivity contribution in [1.82, 2.24) is 0 Å². The van der Waals surface area contributed by atoms with Gasteiger partial charge in [0.1, 0.15) is 0 Å². The molecule has 0 bridgehead atoms. The average Bonchev–Trinajstić information content (AvgIpc) is 2.51. The maximum absolute atomic E-state index is 11.9. The smallest absolute Gasteiger partial charge is 0.224 e. The molecule has 3 atom stereocenters. The Kier molecular flexibility index (Phi) is 7.06. The van der Waals surface area contributed by atoms with Crippen molar-refractivity contribution < 1.29 is 9.53 Å². The van der Waals surface area contributed by atoms with E-state index in [1.807, 2.05) is 31.2 Å². The largest absolute Gasteiger partial charge is 0.374 e. The molecule has 0 radical (unpaired) electrons. The fourth-order valence-electron chi connectivity index (χ4n) is 3.07. The molecule has 3 N–H and O–H groups in total. The van der Waals surface area contributed by atoms with E-state index < -0.39 is 0 Å². The summed E-state index contributed by atoms with van der Waals surface area (Å²) in [5.74, 6) is 0.783. The highest BCUT2D eigenvalue weighted by atomic mass is 16.5. The van der Waals surface area contributed by atoms with Gasteiger partial charge in [0.2, 0.25) is 5.91 Å². The molecule has 0 aromatic heterocycles. The van der Waals surface area contributed by atoms with E-state index >= 15 is 0 Å². The number of nitrogens with two attached hydrogens (primary N) is 1. The van der Waals surface area contributed by atoms with Crippen molar-refractivity contribution in [2.45, 2.75) is 71.1 Å². The van der Waals surface area contributed by atoms with Gasteiger partial charge in [-0.15, -0.1) is 0 Å². The molecule has 2 rings (SSSR count). The minimum absolute atomic E-state index is 0.0153. The van der Waals surface area contributed by atoms with Crippen molar-refractivity contribution in [2.24, 2.45) is 11.7 Å². The number of carbonyl (C=O) groups is 1. The second kappa shape index (κ2) is 9.04. The second-order valence-corrected chi connectivity index (χ2v) is 6.97. The van der Waals surface area contributed by atoms with Crippen LogP contribution in [-0.4, -0.2) is 18.1 Å². The van der Waals surface area contributed by atoms with E-state index in [9.17, 15) is 4.79 Å². The van der Waals surface area contributed by atoms with Gasteiger partial charge < -0.3 is 15.8 Å². The normalized spacial score (nSPS) is 22.6. The van der Waals surface area contributed by atoms with Gasteiger partial charge in [-0.25, -0.2) is 0 Å². The van der Waals surface area contributed by atoms with E-state index in [2.05, 4.69) is 12.2 Å². The number of carbonyl (C=O) groups excluding carboxylic acids is 1. The summed E-state index contributed by atoms with van der Waals surface area (Å²) in [5.41, 5.74) is 7.62. The van der Waals surface area contributed by atoms with Crippen LogP contribution in [0.25, 0.3) is 0 Å². The highest BCUT2D eigenvalue weighted by Crippen LogP contribution is 2.26. The summed E-state index contributed by atoms with van der Waals surface area (Å²) >= 11 is 0. The number of ether oxygens (including phenoxy) is 1. The number of hydrogen-bond donors (Lipinski definition) is 2. The van der Waals surface area contributed by atoms with Gasteiger partial charge in [0.25, 0.3) is 0 Å². The van der Waals surface area contributed by atoms with E-state index in [-0.39, 0.29) is 11.9 Å². The molecule has 4 nitrogen and oxygen atoms in total. The highest BCUT2D eigenvalue weighted by Gasteiger charge is 2.19. The van der Waals surface area contributed by atoms with E-state index in [0.29, 0.717) is 25.6 Å². The first-order chi connectivity index (χ1) is 11.0. The van der Waals surface area contributed by atoms with Crippen LogP contribution in [0.4, 0.5) is 5.69 Å². The topological polar surface area (TPSA) is 64.4 Å². The number of rotatable bonds is 7. The van der Waals surface area contributed by atoms with Gasteiger partial charge in [0.05, 0.1) is 12.7 Å². The molecule has 1 aliphatic rings. The molecule has 1 aromatic rings. The molecule has 3 unspecified atom stereocenters. The van der Waals surface area contributed by atoms with Crippen LogP contribution in [0.3, 0.4) is 0 Å². The van der Waals surface area contributed by atoms with Gasteiger partial charge in [-0.05, 0) is 49.8 Å². The van der Waals surface area contributed by atoms with Crippen LogP contribution in [0.2, 0.25) is 0 Å². The number of benzene rings is 1. The zero-order valence-electron chi connectivity index (χ0n) is 14.4. The maximum atomic E-state index is 11.9. The maximum Gasteiger partial charge on any atom is 0.224 e. The van der Waals surface area contributed by atoms with E-state index in [1.54, 1.807) is 0 Å². The summed E-state index contributed by atoms with van der Waals surface area (Å²) in [6.45, 7) is 4.83. The Bertz CT molecular complexity index is 502. The zero-order chi connectivity index (χ0) is 16.7. The molecule has 1 amide bonds. The zero-order valence-corrected chi connectivity index (χ0v) is 14.4. The SMILES string of the molecule is CC(N)CCC(=O)Nc1cccc(COC2CCCC(C)C2)c1. The molecule has 1 fully saturated rings. The Morgan fingerprint density at radius 3 is 3.00 bits per heavy atom. The van der Waals surface area contributed by atoms with Crippen molar-refractivity contribution in [3.63, 3.8) is 0 Å². The molecule has 1 aliphatic carbocycles. The van der Waals surface area contributed by atoms with Crippen LogP contribution in [0, 0.1) is 5.92 Å². The van der Waals surface area contributed by atoms with Crippen molar-refractivity contribution in [3.05, 3.63) is 29.8 Å². The number of nitrogens with one attached hydrogen (secondary N) is 1. The van der Waals surface area contributed by atoms with Crippen LogP contribution in [0.1, 0.15) is 57.9 Å². The summed E-state index contributed by atoms with van der Waals surface area (Å²) in [5, 5.41) is 2.93. The summed E-state index contributed by atoms with van der Waals surface area (Å²) in [6, 6.07) is 7.97. The molecular weight excluding hydrogens is 288 g/mol. The Morgan fingerprint density at radius 1 is 1.43 bits per heavy atom. The second-order valence-electron chi connectivity index (χ2n) is 6.97. The standard InChI is InChI=1S/C19H30N2O2/c1-14-5-3-8-18(11-14)23-13-16-6-4-7-17(12-16)21-19(22)10-9-15(2)20/h4,6-7,12,14-15,18H,3,5,8-11,13,20H2,1-2H3,(H,21,22). The van der Waals surface area contributed by atoms with E-state index in [1.165, 1.54) is 12.8 Å². The van der Waals surface area contributed by atoms with Crippen LogP contribution in [0.15, 0.2) is 24.3 Å². The average molecular weight is 318 g/mol. The lowest BCUT2D eigenvalue weighted by Crippen LogP contribution is -2.21. The molecule has 1 saturated carbocycles. The third-order valence-corrected chi connectivity index (χ3v) is 4.41. The molecule has 0 heterocycles. The summed E-state index contributed by atoms with van der Waals surface area (Å²) in [6.07, 6.45) is 6.45. The van der Waals surface area contributed by atoms with Crippen molar-refractivity contribution in [1.29, 1.82) is 0 Å². The third-order valence-electron chi connectivity index (χ3n) is 4.41. The number of amides is 1. The Labute approximate surface area is 139 Å². The lowest BCUT2D eigenvalue weighted by atomic mass is 9.89. The first-order valence-corrected chi connectivity index (χ1v) is 8.79. The van der Waals surface area contributed by atoms with Gasteiger partial charge in [-0.1, -0.05) is 31.9 Å². The predicted molar refractivity (Wildman–Crippen MR) is 94.2 cm³/mol. The molecule has 0 aliphatic heterocycles. The molecule has 23 heavy (non-hydrogen) atoms. The summed E-state index contributed by atoms with van der Waals surface area (Å²) in [7, 11) is 0. The van der Waals surface area contributed by atoms with Crippen LogP contribution < -0.4 is 11.1 Å². The fraction of sp³-hybridized carbons (Fsp3) is 0.632. The first-order valence-electron chi connectivity index (χ1n) is 8.79. The van der Waals surface area contributed by atoms with Crippen LogP contribution in [0.5, 0.6) is 0 Å². The Hall–Kier alpha value is -1.39. The van der Waals surface area contributed by atoms with Crippen LogP contribution in [-0.2, 0) is 16.1 Å². The molecule has 128 valence electrons. The lowest BCUT2D eigenvalue weighted by molar-refractivity contribution is -0.116. The lowest BCUT2D eigenvalue weighted by Gasteiger charge is -2.26. The van der Waals surface area contributed by atoms with Gasteiger partial charge >= 0.3 is 0 Å². The quantitative estimate of drug-likeness (QED) is 0.802. The van der Waals surface area contributed by atoms with Gasteiger partial charge in [-0.2, -0.15) is 0 Å². The predicted octanol–water partition coefficient (Wildman–Crippen LogP) is 3.85.